The highest BCUT2D eigenvalue weighted by molar-refractivity contribution is 7.18. The van der Waals surface area contributed by atoms with Gasteiger partial charge in [0.1, 0.15) is 5.69 Å². The molecule has 0 saturated carbocycles. The molecule has 2 aromatic heterocycles. The number of aromatic nitrogens is 3. The lowest BCUT2D eigenvalue weighted by Gasteiger charge is -2.15. The molecule has 7 heteroatoms. The van der Waals surface area contributed by atoms with Gasteiger partial charge in [0.05, 0.1) is 0 Å². The van der Waals surface area contributed by atoms with Gasteiger partial charge >= 0.3 is 0 Å². The third kappa shape index (κ3) is 2.83. The molecule has 23 heavy (non-hydrogen) atoms. The van der Waals surface area contributed by atoms with E-state index in [1.54, 1.807) is 6.20 Å². The van der Waals surface area contributed by atoms with Gasteiger partial charge < -0.3 is 14.4 Å². The molecule has 3 aromatic rings. The van der Waals surface area contributed by atoms with Crippen molar-refractivity contribution in [2.45, 2.75) is 6.54 Å². The summed E-state index contributed by atoms with van der Waals surface area (Å²) in [6, 6.07) is 11.7. The van der Waals surface area contributed by atoms with Crippen LogP contribution in [0, 0.1) is 0 Å². The van der Waals surface area contributed by atoms with Crippen molar-refractivity contribution < 1.29 is 9.47 Å². The maximum Gasteiger partial charge on any atom is 0.231 e. The van der Waals surface area contributed by atoms with Crippen LogP contribution in [0.15, 0.2) is 42.6 Å². The summed E-state index contributed by atoms with van der Waals surface area (Å²) in [6.45, 7) is 1.01. The van der Waals surface area contributed by atoms with Gasteiger partial charge in [-0.2, -0.15) is 0 Å². The summed E-state index contributed by atoms with van der Waals surface area (Å²) in [5.74, 6) is 1.59. The van der Waals surface area contributed by atoms with Gasteiger partial charge in [0.2, 0.25) is 11.9 Å². The summed E-state index contributed by atoms with van der Waals surface area (Å²) < 4.78 is 10.7. The maximum absolute atomic E-state index is 5.41. The molecule has 1 aliphatic heterocycles. The van der Waals surface area contributed by atoms with Gasteiger partial charge in [-0.25, -0.2) is 0 Å². The zero-order valence-electron chi connectivity index (χ0n) is 12.5. The predicted molar refractivity (Wildman–Crippen MR) is 87.8 cm³/mol. The molecule has 0 aliphatic carbocycles. The van der Waals surface area contributed by atoms with Gasteiger partial charge in [-0.3, -0.25) is 4.98 Å². The van der Waals surface area contributed by atoms with Gasteiger partial charge in [-0.05, 0) is 29.8 Å². The Morgan fingerprint density at radius 3 is 2.91 bits per heavy atom. The lowest BCUT2D eigenvalue weighted by molar-refractivity contribution is 0.174. The highest BCUT2D eigenvalue weighted by atomic mass is 32.1. The van der Waals surface area contributed by atoms with E-state index in [1.807, 2.05) is 43.4 Å². The first-order valence-corrected chi connectivity index (χ1v) is 7.96. The highest BCUT2D eigenvalue weighted by Crippen LogP contribution is 2.33. The van der Waals surface area contributed by atoms with Gasteiger partial charge in [0, 0.05) is 19.8 Å². The van der Waals surface area contributed by atoms with E-state index in [-0.39, 0.29) is 0 Å². The molecule has 0 atom stereocenters. The summed E-state index contributed by atoms with van der Waals surface area (Å²) in [5.41, 5.74) is 1.97. The summed E-state index contributed by atoms with van der Waals surface area (Å²) in [6.07, 6.45) is 1.76. The molecule has 0 radical (unpaired) electrons. The fourth-order valence-electron chi connectivity index (χ4n) is 2.34. The standard InChI is InChI=1S/C16H14N4O2S/c1-20(9-11-5-6-13-14(8-11)22-10-21-13)16-19-18-15(23-16)12-4-2-3-7-17-12/h2-8H,9-10H2,1H3. The van der Waals surface area contributed by atoms with Crippen molar-refractivity contribution in [1.82, 2.24) is 15.2 Å². The van der Waals surface area contributed by atoms with E-state index in [0.717, 1.165) is 32.9 Å². The van der Waals surface area contributed by atoms with Crippen molar-refractivity contribution in [3.05, 3.63) is 48.2 Å². The number of ether oxygens (including phenoxy) is 2. The molecule has 1 aliphatic rings. The largest absolute Gasteiger partial charge is 0.454 e. The Bertz CT molecular complexity index is 822. The minimum atomic E-state index is 0.290. The second-order valence-corrected chi connectivity index (χ2v) is 6.10. The minimum Gasteiger partial charge on any atom is -0.454 e. The van der Waals surface area contributed by atoms with Gasteiger partial charge in [0.25, 0.3) is 0 Å². The maximum atomic E-state index is 5.41. The normalized spacial score (nSPS) is 12.4. The molecule has 0 fully saturated rings. The first-order chi connectivity index (χ1) is 11.3. The molecule has 116 valence electrons. The third-order valence-corrected chi connectivity index (χ3v) is 4.54. The fraction of sp³-hybridized carbons (Fsp3) is 0.188. The van der Waals surface area contributed by atoms with Gasteiger partial charge in [0.15, 0.2) is 16.5 Å². The van der Waals surface area contributed by atoms with E-state index in [2.05, 4.69) is 20.1 Å². The van der Waals surface area contributed by atoms with E-state index in [1.165, 1.54) is 11.3 Å². The van der Waals surface area contributed by atoms with Crippen LogP contribution in [-0.4, -0.2) is 29.0 Å². The number of pyridine rings is 1. The molecular weight excluding hydrogens is 312 g/mol. The monoisotopic (exact) mass is 326 g/mol. The summed E-state index contributed by atoms with van der Waals surface area (Å²) >= 11 is 1.52. The average Bonchev–Trinajstić information content (AvgIpc) is 3.24. The number of nitrogens with zero attached hydrogens (tertiary/aromatic N) is 4. The molecule has 0 bridgehead atoms. The Labute approximate surface area is 137 Å². The Hall–Kier alpha value is -2.67. The topological polar surface area (TPSA) is 60.4 Å². The summed E-state index contributed by atoms with van der Waals surface area (Å²) in [7, 11) is 1.99. The van der Waals surface area contributed by atoms with Crippen LogP contribution < -0.4 is 14.4 Å². The Balaban J connectivity index is 1.51. The van der Waals surface area contributed by atoms with Crippen LogP contribution in [0.2, 0.25) is 0 Å². The van der Waals surface area contributed by atoms with E-state index >= 15 is 0 Å². The van der Waals surface area contributed by atoms with Gasteiger partial charge in [-0.1, -0.05) is 23.5 Å². The number of fused-ring (bicyclic) bond motifs is 1. The molecule has 3 heterocycles. The number of hydrogen-bond acceptors (Lipinski definition) is 7. The lowest BCUT2D eigenvalue weighted by Crippen LogP contribution is -2.16. The van der Waals surface area contributed by atoms with Crippen LogP contribution in [0.4, 0.5) is 5.13 Å². The number of benzene rings is 1. The molecule has 0 saturated heterocycles. The van der Waals surface area contributed by atoms with Crippen molar-refractivity contribution in [3.63, 3.8) is 0 Å². The smallest absolute Gasteiger partial charge is 0.231 e. The first kappa shape index (κ1) is 14.0. The molecule has 0 N–H and O–H groups in total. The summed E-state index contributed by atoms with van der Waals surface area (Å²) in [5, 5.41) is 10.2. The molecular formula is C16H14N4O2S. The highest BCUT2D eigenvalue weighted by Gasteiger charge is 2.15. The third-order valence-electron chi connectivity index (χ3n) is 3.48. The Kier molecular flexibility index (Phi) is 3.55. The summed E-state index contributed by atoms with van der Waals surface area (Å²) in [4.78, 5) is 6.36. The van der Waals surface area contributed by atoms with Crippen molar-refractivity contribution in [1.29, 1.82) is 0 Å². The molecule has 0 spiro atoms. The zero-order chi connectivity index (χ0) is 15.6. The van der Waals surface area contributed by atoms with E-state index in [4.69, 9.17) is 9.47 Å². The van der Waals surface area contributed by atoms with Crippen molar-refractivity contribution in [2.75, 3.05) is 18.7 Å². The van der Waals surface area contributed by atoms with E-state index in [9.17, 15) is 0 Å². The molecule has 0 unspecified atom stereocenters. The molecule has 0 amide bonds. The Morgan fingerprint density at radius 2 is 2.04 bits per heavy atom. The van der Waals surface area contributed by atoms with Crippen molar-refractivity contribution in [2.24, 2.45) is 0 Å². The van der Waals surface area contributed by atoms with Crippen LogP contribution in [-0.2, 0) is 6.54 Å². The van der Waals surface area contributed by atoms with Gasteiger partial charge in [-0.15, -0.1) is 10.2 Å². The fourth-order valence-corrected chi connectivity index (χ4v) is 3.13. The van der Waals surface area contributed by atoms with E-state index < -0.39 is 0 Å². The van der Waals surface area contributed by atoms with Crippen LogP contribution >= 0.6 is 11.3 Å². The quantitative estimate of drug-likeness (QED) is 0.734. The first-order valence-electron chi connectivity index (χ1n) is 7.14. The minimum absolute atomic E-state index is 0.290. The Morgan fingerprint density at radius 1 is 1.13 bits per heavy atom. The van der Waals surface area contributed by atoms with Crippen molar-refractivity contribution >= 4 is 16.5 Å². The lowest BCUT2D eigenvalue weighted by atomic mass is 10.2. The second-order valence-electron chi connectivity index (χ2n) is 5.15. The SMILES string of the molecule is CN(Cc1ccc2c(c1)OCO2)c1nnc(-c2ccccn2)s1. The molecule has 6 nitrogen and oxygen atoms in total. The van der Waals surface area contributed by atoms with Crippen LogP contribution in [0.5, 0.6) is 11.5 Å². The zero-order valence-corrected chi connectivity index (χ0v) is 13.3. The van der Waals surface area contributed by atoms with Crippen LogP contribution in [0.3, 0.4) is 0 Å². The number of hydrogen-bond donors (Lipinski definition) is 0. The predicted octanol–water partition coefficient (Wildman–Crippen LogP) is 2.97. The number of anilines is 1. The van der Waals surface area contributed by atoms with Crippen molar-refractivity contribution in [3.8, 4) is 22.2 Å². The average molecular weight is 326 g/mol. The van der Waals surface area contributed by atoms with Crippen LogP contribution in [0.1, 0.15) is 5.56 Å². The van der Waals surface area contributed by atoms with E-state index in [0.29, 0.717) is 13.3 Å². The van der Waals surface area contributed by atoms with Crippen LogP contribution in [0.25, 0.3) is 10.7 Å². The number of rotatable bonds is 4. The second kappa shape index (κ2) is 5.85. The molecule has 1 aromatic carbocycles. The molecule has 4 rings (SSSR count).